The molecule has 0 aliphatic heterocycles. The van der Waals surface area contributed by atoms with Crippen molar-refractivity contribution in [3.63, 3.8) is 0 Å². The Morgan fingerprint density at radius 1 is 1.53 bits per heavy atom. The number of oxazole rings is 1. The molecule has 0 saturated carbocycles. The highest BCUT2D eigenvalue weighted by Crippen LogP contribution is 2.20. The van der Waals surface area contributed by atoms with E-state index in [1.54, 1.807) is 18.2 Å². The highest BCUT2D eigenvalue weighted by atomic mass is 32.2. The Balaban J connectivity index is 2.19. The van der Waals surface area contributed by atoms with E-state index in [4.69, 9.17) is 15.4 Å². The maximum Gasteiger partial charge on any atom is 0.287 e. The van der Waals surface area contributed by atoms with Crippen LogP contribution in [0, 0.1) is 11.3 Å². The topological polar surface area (TPSA) is 92.9 Å². The lowest BCUT2D eigenvalue weighted by molar-refractivity contribution is 0.477. The van der Waals surface area contributed by atoms with Gasteiger partial charge in [-0.2, -0.15) is 5.26 Å². The van der Waals surface area contributed by atoms with Gasteiger partial charge in [0.25, 0.3) is 5.22 Å². The predicted octanol–water partition coefficient (Wildman–Crippen LogP) is 1.82. The molecule has 1 aromatic carbocycles. The number of hydrogen-bond donors (Lipinski definition) is 1. The lowest BCUT2D eigenvalue weighted by Gasteiger charge is -1.92. The third-order valence-corrected chi connectivity index (χ3v) is 3.43. The first-order chi connectivity index (χ1) is 8.20. The largest absolute Gasteiger partial charge is 0.430 e. The Kier molecular flexibility index (Phi) is 3.40. The molecule has 0 aliphatic carbocycles. The molecule has 0 fully saturated rings. The zero-order valence-corrected chi connectivity index (χ0v) is 9.87. The van der Waals surface area contributed by atoms with Gasteiger partial charge in [0.05, 0.1) is 6.07 Å². The molecule has 0 amide bonds. The first-order valence-electron chi connectivity index (χ1n) is 5.12. The molecule has 0 bridgehead atoms. The zero-order valence-electron chi connectivity index (χ0n) is 9.05. The second kappa shape index (κ2) is 4.97. The lowest BCUT2D eigenvalue weighted by atomic mass is 10.3. The summed E-state index contributed by atoms with van der Waals surface area (Å²) in [6.45, 7) is 0. The second-order valence-corrected chi connectivity index (χ2v) is 4.97. The average Bonchev–Trinajstić information content (AvgIpc) is 2.72. The van der Waals surface area contributed by atoms with Crippen LogP contribution in [-0.4, -0.2) is 14.9 Å². The van der Waals surface area contributed by atoms with Crippen LogP contribution in [0.15, 0.2) is 27.8 Å². The van der Waals surface area contributed by atoms with E-state index in [0.29, 0.717) is 35.4 Å². The number of rotatable bonds is 4. The van der Waals surface area contributed by atoms with Crippen LogP contribution in [0.3, 0.4) is 0 Å². The fraction of sp³-hybridized carbons (Fsp3) is 0.273. The second-order valence-electron chi connectivity index (χ2n) is 3.52. The Hall–Kier alpha value is -1.87. The number of nitrogen functional groups attached to an aromatic ring is 1. The van der Waals surface area contributed by atoms with Crippen LogP contribution in [0.1, 0.15) is 12.8 Å². The zero-order chi connectivity index (χ0) is 12.3. The van der Waals surface area contributed by atoms with Gasteiger partial charge in [0.1, 0.15) is 16.3 Å². The molecule has 88 valence electrons. The van der Waals surface area contributed by atoms with Crippen LogP contribution in [0.25, 0.3) is 11.1 Å². The number of anilines is 1. The third-order valence-electron chi connectivity index (χ3n) is 2.21. The van der Waals surface area contributed by atoms with Gasteiger partial charge in [-0.1, -0.05) is 0 Å². The molecule has 0 aliphatic rings. The third kappa shape index (κ3) is 2.63. The van der Waals surface area contributed by atoms with Crippen molar-refractivity contribution in [2.45, 2.75) is 18.1 Å². The Labute approximate surface area is 101 Å². The molecule has 1 heterocycles. The van der Waals surface area contributed by atoms with Crippen LogP contribution >= 0.6 is 0 Å². The van der Waals surface area contributed by atoms with Crippen molar-refractivity contribution >= 4 is 27.6 Å². The molecule has 6 heteroatoms. The lowest BCUT2D eigenvalue weighted by Crippen LogP contribution is -1.97. The minimum Gasteiger partial charge on any atom is -0.430 e. The Morgan fingerprint density at radius 3 is 3.12 bits per heavy atom. The van der Waals surface area contributed by atoms with Gasteiger partial charge in [0.15, 0.2) is 5.58 Å². The summed E-state index contributed by atoms with van der Waals surface area (Å²) in [4.78, 5) is 4.12. The predicted molar refractivity (Wildman–Crippen MR) is 64.5 cm³/mol. The van der Waals surface area contributed by atoms with E-state index in [1.165, 1.54) is 0 Å². The van der Waals surface area contributed by atoms with E-state index in [-0.39, 0.29) is 5.22 Å². The van der Waals surface area contributed by atoms with Crippen LogP contribution in [0.4, 0.5) is 5.69 Å². The highest BCUT2D eigenvalue weighted by Gasteiger charge is 2.12. The standard InChI is InChI=1S/C11H11N3O2S/c12-5-1-2-6-17(15)11-14-9-7-8(13)3-4-10(9)16-11/h3-4,7H,1-2,6,13H2. The van der Waals surface area contributed by atoms with Crippen molar-refractivity contribution in [1.82, 2.24) is 4.98 Å². The van der Waals surface area contributed by atoms with Crippen LogP contribution in [0.2, 0.25) is 0 Å². The molecule has 1 unspecified atom stereocenters. The van der Waals surface area contributed by atoms with Gasteiger partial charge in [0.2, 0.25) is 0 Å². The number of nitrogens with two attached hydrogens (primary N) is 1. The number of hydrogen-bond acceptors (Lipinski definition) is 5. The molecule has 17 heavy (non-hydrogen) atoms. The molecule has 0 spiro atoms. The molecule has 2 N–H and O–H groups in total. The average molecular weight is 249 g/mol. The molecule has 2 rings (SSSR count). The molecule has 1 aromatic heterocycles. The summed E-state index contributed by atoms with van der Waals surface area (Å²) in [5.41, 5.74) is 7.38. The van der Waals surface area contributed by atoms with Gasteiger partial charge in [0, 0.05) is 17.9 Å². The molecule has 1 atom stereocenters. The van der Waals surface area contributed by atoms with E-state index in [9.17, 15) is 4.21 Å². The summed E-state index contributed by atoms with van der Waals surface area (Å²) in [6, 6.07) is 7.09. The Morgan fingerprint density at radius 2 is 2.35 bits per heavy atom. The van der Waals surface area contributed by atoms with Gasteiger partial charge in [-0.3, -0.25) is 0 Å². The summed E-state index contributed by atoms with van der Waals surface area (Å²) >= 11 is 0. The summed E-state index contributed by atoms with van der Waals surface area (Å²) in [5, 5.41) is 8.59. The van der Waals surface area contributed by atoms with Crippen molar-refractivity contribution in [2.75, 3.05) is 11.5 Å². The maximum atomic E-state index is 11.8. The smallest absolute Gasteiger partial charge is 0.287 e. The van der Waals surface area contributed by atoms with Gasteiger partial charge < -0.3 is 10.2 Å². The van der Waals surface area contributed by atoms with Crippen LogP contribution < -0.4 is 5.73 Å². The van der Waals surface area contributed by atoms with Gasteiger partial charge in [-0.15, -0.1) is 0 Å². The molecule has 5 nitrogen and oxygen atoms in total. The summed E-state index contributed by atoms with van der Waals surface area (Å²) in [5.74, 6) is 0.385. The number of aromatic nitrogens is 1. The normalized spacial score (nSPS) is 12.4. The number of benzene rings is 1. The first kappa shape index (κ1) is 11.6. The van der Waals surface area contributed by atoms with E-state index in [1.807, 2.05) is 6.07 Å². The molecule has 2 aromatic rings. The van der Waals surface area contributed by atoms with Crippen molar-refractivity contribution in [1.29, 1.82) is 5.26 Å². The van der Waals surface area contributed by atoms with E-state index in [2.05, 4.69) is 4.98 Å². The number of nitrogens with zero attached hydrogens (tertiary/aromatic N) is 2. The van der Waals surface area contributed by atoms with Crippen molar-refractivity contribution < 1.29 is 8.63 Å². The van der Waals surface area contributed by atoms with E-state index >= 15 is 0 Å². The van der Waals surface area contributed by atoms with E-state index in [0.717, 1.165) is 0 Å². The van der Waals surface area contributed by atoms with Crippen molar-refractivity contribution in [3.8, 4) is 6.07 Å². The maximum absolute atomic E-state index is 11.8. The molecule has 0 saturated heterocycles. The summed E-state index contributed by atoms with van der Waals surface area (Å²) in [6.07, 6.45) is 0.961. The minimum absolute atomic E-state index is 0.198. The summed E-state index contributed by atoms with van der Waals surface area (Å²) in [7, 11) is -1.29. The number of nitriles is 1. The van der Waals surface area contributed by atoms with E-state index < -0.39 is 10.8 Å². The quantitative estimate of drug-likeness (QED) is 0.659. The SMILES string of the molecule is N#CCCCS(=O)c1nc2cc(N)ccc2o1. The minimum atomic E-state index is -1.29. The fourth-order valence-corrected chi connectivity index (χ4v) is 2.35. The molecule has 0 radical (unpaired) electrons. The molecular formula is C11H11N3O2S. The fourth-order valence-electron chi connectivity index (χ4n) is 1.39. The van der Waals surface area contributed by atoms with Gasteiger partial charge in [-0.25, -0.2) is 9.19 Å². The first-order valence-corrected chi connectivity index (χ1v) is 6.44. The highest BCUT2D eigenvalue weighted by molar-refractivity contribution is 7.84. The summed E-state index contributed by atoms with van der Waals surface area (Å²) < 4.78 is 17.2. The van der Waals surface area contributed by atoms with Crippen LogP contribution in [-0.2, 0) is 10.8 Å². The van der Waals surface area contributed by atoms with Crippen molar-refractivity contribution in [2.24, 2.45) is 0 Å². The van der Waals surface area contributed by atoms with Gasteiger partial charge >= 0.3 is 0 Å². The van der Waals surface area contributed by atoms with Crippen molar-refractivity contribution in [3.05, 3.63) is 18.2 Å². The number of unbranched alkanes of at least 4 members (excludes halogenated alkanes) is 1. The Bertz CT molecular complexity index is 600. The monoisotopic (exact) mass is 249 g/mol. The van der Waals surface area contributed by atoms with Gasteiger partial charge in [-0.05, 0) is 24.6 Å². The van der Waals surface area contributed by atoms with Crippen LogP contribution in [0.5, 0.6) is 0 Å². The molecular weight excluding hydrogens is 238 g/mol. The number of fused-ring (bicyclic) bond motifs is 1.